The number of benzene rings is 2. The normalized spacial score (nSPS) is 24.8. The van der Waals surface area contributed by atoms with Crippen molar-refractivity contribution in [2.45, 2.75) is 57.7 Å². The van der Waals surface area contributed by atoms with Crippen LogP contribution in [0, 0.1) is 23.7 Å². The van der Waals surface area contributed by atoms with Gasteiger partial charge in [0.15, 0.2) is 11.4 Å². The Labute approximate surface area is 256 Å². The number of ketones is 2. The molecule has 4 atom stereocenters. The molecule has 0 spiro atoms. The van der Waals surface area contributed by atoms with E-state index in [0.717, 1.165) is 0 Å². The number of carbonyl (C=O) groups is 3. The topological polar surface area (TPSA) is 167 Å². The SMILES string of the molecule is COc1ccc(CCCC(F)(F)F)cc1-c1ccc(O)c2c1C[C@@H]1C[C@@H]3C(C(C)C)C(=O)C(C(N)=O)=C(O)[C@]3(O)C(=O)C1=C2O. The molecule has 45 heavy (non-hydrogen) atoms. The number of amides is 1. The number of Topliss-reactive ketones (excluding diaryl/α,β-unsaturated/α-hetero) is 2. The van der Waals surface area contributed by atoms with E-state index in [4.69, 9.17) is 10.5 Å². The van der Waals surface area contributed by atoms with Crippen LogP contribution in [0.5, 0.6) is 11.5 Å². The first-order valence-corrected chi connectivity index (χ1v) is 14.6. The number of halogens is 3. The van der Waals surface area contributed by atoms with Gasteiger partial charge in [0.2, 0.25) is 5.78 Å². The number of hydrogen-bond donors (Lipinski definition) is 5. The van der Waals surface area contributed by atoms with Crippen molar-refractivity contribution in [3.63, 3.8) is 0 Å². The number of hydrogen-bond acceptors (Lipinski definition) is 8. The van der Waals surface area contributed by atoms with Gasteiger partial charge in [0.05, 0.1) is 12.7 Å². The minimum atomic E-state index is -4.29. The highest BCUT2D eigenvalue weighted by Crippen LogP contribution is 2.55. The zero-order valence-electron chi connectivity index (χ0n) is 24.9. The number of ether oxygens (including phenoxy) is 1. The third-order valence-electron chi connectivity index (χ3n) is 9.33. The Hall–Kier alpha value is -4.32. The van der Waals surface area contributed by atoms with Gasteiger partial charge >= 0.3 is 6.18 Å². The van der Waals surface area contributed by atoms with Crippen molar-refractivity contribution >= 4 is 23.2 Å². The summed E-state index contributed by atoms with van der Waals surface area (Å²) in [5.74, 6) is -8.41. The molecule has 1 saturated carbocycles. The molecule has 0 radical (unpaired) electrons. The summed E-state index contributed by atoms with van der Waals surface area (Å²) in [5.41, 5.74) is 3.46. The standard InChI is InChI=1S/C33H34F3NO8/c1-14(2)23-20-13-16-12-19-17(18-11-15(6-9-22(18)45-3)5-4-10-32(34,35)36)7-8-21(38)25(19)28(40)24(16)29(41)33(20,44)30(42)26(27(23)39)31(37)43/h6-9,11,14,16,20,23,38,40,42,44H,4-5,10,12-13H2,1-3H3,(H2,37,43)/t16-,20-,23?,33-/m1/s1. The third-order valence-corrected chi connectivity index (χ3v) is 9.33. The fourth-order valence-corrected chi connectivity index (χ4v) is 7.35. The van der Waals surface area contributed by atoms with E-state index >= 15 is 0 Å². The Kier molecular flexibility index (Phi) is 8.01. The molecule has 12 heteroatoms. The van der Waals surface area contributed by atoms with Gasteiger partial charge in [-0.1, -0.05) is 26.0 Å². The van der Waals surface area contributed by atoms with Crippen molar-refractivity contribution in [1.29, 1.82) is 0 Å². The highest BCUT2D eigenvalue weighted by molar-refractivity contribution is 6.23. The van der Waals surface area contributed by atoms with E-state index in [1.165, 1.54) is 13.2 Å². The van der Waals surface area contributed by atoms with Crippen LogP contribution in [0.1, 0.15) is 49.8 Å². The van der Waals surface area contributed by atoms with Crippen molar-refractivity contribution in [3.8, 4) is 22.6 Å². The Bertz CT molecular complexity index is 1670. The van der Waals surface area contributed by atoms with E-state index < -0.39 is 76.4 Å². The van der Waals surface area contributed by atoms with Crippen LogP contribution in [0.25, 0.3) is 16.9 Å². The van der Waals surface area contributed by atoms with Crippen molar-refractivity contribution in [2.75, 3.05) is 7.11 Å². The number of primary amides is 1. The number of aliphatic hydroxyl groups excluding tert-OH is 2. The number of aromatic hydroxyl groups is 1. The second-order valence-electron chi connectivity index (χ2n) is 12.3. The Balaban J connectivity index is 1.66. The van der Waals surface area contributed by atoms with Gasteiger partial charge in [0.1, 0.15) is 28.6 Å². The molecule has 1 unspecified atom stereocenters. The van der Waals surface area contributed by atoms with E-state index in [1.54, 1.807) is 38.1 Å². The molecule has 3 aliphatic rings. The van der Waals surface area contributed by atoms with Gasteiger partial charge in [0.25, 0.3) is 5.91 Å². The quantitative estimate of drug-likeness (QED) is 0.271. The molecule has 0 heterocycles. The zero-order chi connectivity index (χ0) is 33.2. The molecule has 1 fully saturated rings. The van der Waals surface area contributed by atoms with Crippen LogP contribution in [0.15, 0.2) is 47.2 Å². The summed E-state index contributed by atoms with van der Waals surface area (Å²) in [6.07, 6.45) is -5.21. The second kappa shape index (κ2) is 11.2. The number of aryl methyl sites for hydroxylation is 1. The Morgan fingerprint density at radius 2 is 1.80 bits per heavy atom. The lowest BCUT2D eigenvalue weighted by atomic mass is 9.54. The highest BCUT2D eigenvalue weighted by Gasteiger charge is 2.64. The lowest BCUT2D eigenvalue weighted by molar-refractivity contribution is -0.155. The third kappa shape index (κ3) is 5.14. The smallest absolute Gasteiger partial charge is 0.389 e. The first-order valence-electron chi connectivity index (χ1n) is 14.6. The van der Waals surface area contributed by atoms with Crippen LogP contribution >= 0.6 is 0 Å². The summed E-state index contributed by atoms with van der Waals surface area (Å²) in [6.45, 7) is 3.36. The minimum Gasteiger partial charge on any atom is -0.508 e. The molecule has 0 aromatic heterocycles. The van der Waals surface area contributed by atoms with E-state index in [-0.39, 0.29) is 42.6 Å². The van der Waals surface area contributed by atoms with Crippen molar-refractivity contribution in [3.05, 3.63) is 63.9 Å². The fourth-order valence-electron chi connectivity index (χ4n) is 7.35. The van der Waals surface area contributed by atoms with Gasteiger partial charge < -0.3 is 30.9 Å². The Morgan fingerprint density at radius 1 is 1.11 bits per heavy atom. The Morgan fingerprint density at radius 3 is 2.40 bits per heavy atom. The molecule has 0 bridgehead atoms. The van der Waals surface area contributed by atoms with Gasteiger partial charge in [-0.3, -0.25) is 14.4 Å². The van der Waals surface area contributed by atoms with Crippen LogP contribution in [-0.4, -0.2) is 56.8 Å². The monoisotopic (exact) mass is 629 g/mol. The summed E-state index contributed by atoms with van der Waals surface area (Å²) < 4.78 is 43.9. The number of phenolic OH excluding ortho intramolecular Hbond substituents is 1. The number of phenols is 1. The number of rotatable bonds is 7. The first-order chi connectivity index (χ1) is 21.0. The maximum Gasteiger partial charge on any atom is 0.389 e. The summed E-state index contributed by atoms with van der Waals surface area (Å²) >= 11 is 0. The first kappa shape index (κ1) is 32.1. The maximum absolute atomic E-state index is 14.1. The maximum atomic E-state index is 14.1. The molecule has 5 rings (SSSR count). The molecule has 2 aromatic carbocycles. The van der Waals surface area contributed by atoms with E-state index in [0.29, 0.717) is 28.0 Å². The average molecular weight is 630 g/mol. The summed E-state index contributed by atoms with van der Waals surface area (Å²) in [6, 6.07) is 7.85. The van der Waals surface area contributed by atoms with E-state index in [9.17, 15) is 48.0 Å². The molecular weight excluding hydrogens is 595 g/mol. The van der Waals surface area contributed by atoms with Crippen LogP contribution in [-0.2, 0) is 27.2 Å². The molecule has 0 saturated heterocycles. The largest absolute Gasteiger partial charge is 0.508 e. The van der Waals surface area contributed by atoms with Crippen LogP contribution in [0.2, 0.25) is 0 Å². The highest BCUT2D eigenvalue weighted by atomic mass is 19.4. The zero-order valence-corrected chi connectivity index (χ0v) is 24.9. The van der Waals surface area contributed by atoms with Gasteiger partial charge in [0, 0.05) is 29.4 Å². The molecule has 2 aromatic rings. The van der Waals surface area contributed by atoms with Crippen LogP contribution in [0.4, 0.5) is 13.2 Å². The molecular formula is C33H34F3NO8. The number of nitrogens with two attached hydrogens (primary N) is 1. The molecule has 1 amide bonds. The fraction of sp³-hybridized carbons (Fsp3) is 0.424. The molecule has 9 nitrogen and oxygen atoms in total. The predicted octanol–water partition coefficient (Wildman–Crippen LogP) is 4.87. The van der Waals surface area contributed by atoms with Crippen LogP contribution < -0.4 is 10.5 Å². The molecule has 6 N–H and O–H groups in total. The van der Waals surface area contributed by atoms with Crippen molar-refractivity contribution < 1.29 is 52.7 Å². The summed E-state index contributed by atoms with van der Waals surface area (Å²) in [5, 5.41) is 45.2. The van der Waals surface area contributed by atoms with E-state index in [1.807, 2.05) is 0 Å². The average Bonchev–Trinajstić information content (AvgIpc) is 2.94. The second-order valence-corrected chi connectivity index (χ2v) is 12.3. The van der Waals surface area contributed by atoms with Gasteiger partial charge in [-0.2, -0.15) is 13.2 Å². The molecule has 0 aliphatic heterocycles. The minimum absolute atomic E-state index is 0.0462. The summed E-state index contributed by atoms with van der Waals surface area (Å²) in [7, 11) is 1.43. The predicted molar refractivity (Wildman–Crippen MR) is 156 cm³/mol. The van der Waals surface area contributed by atoms with Crippen molar-refractivity contribution in [2.24, 2.45) is 29.4 Å². The van der Waals surface area contributed by atoms with Crippen molar-refractivity contribution in [1.82, 2.24) is 0 Å². The molecule has 240 valence electrons. The van der Waals surface area contributed by atoms with E-state index in [2.05, 4.69) is 0 Å². The lowest BCUT2D eigenvalue weighted by Gasteiger charge is -2.50. The summed E-state index contributed by atoms with van der Waals surface area (Å²) in [4.78, 5) is 39.6. The number of aliphatic hydroxyl groups is 3. The van der Waals surface area contributed by atoms with Gasteiger partial charge in [-0.25, -0.2) is 0 Å². The number of alkyl halides is 3. The number of methoxy groups -OCH3 is 1. The van der Waals surface area contributed by atoms with Gasteiger partial charge in [-0.15, -0.1) is 0 Å². The van der Waals surface area contributed by atoms with Gasteiger partial charge in [-0.05, 0) is 72.4 Å². The number of fused-ring (bicyclic) bond motifs is 3. The van der Waals surface area contributed by atoms with Crippen LogP contribution in [0.3, 0.4) is 0 Å². The lowest BCUT2D eigenvalue weighted by Crippen LogP contribution is -2.62. The number of carbonyl (C=O) groups excluding carboxylic acids is 3. The molecule has 3 aliphatic carbocycles.